The van der Waals surface area contributed by atoms with Crippen molar-refractivity contribution in [1.82, 2.24) is 15.2 Å². The molecule has 0 atom stereocenters. The maximum atomic E-state index is 13.7. The highest BCUT2D eigenvalue weighted by molar-refractivity contribution is 5.94. The Morgan fingerprint density at radius 1 is 0.962 bits per heavy atom. The second-order valence-corrected chi connectivity index (χ2v) is 5.27. The molecule has 0 bridgehead atoms. The molecule has 0 aliphatic heterocycles. The number of nitrogens with zero attached hydrogens (tertiary/aromatic N) is 3. The van der Waals surface area contributed by atoms with Crippen molar-refractivity contribution >= 4 is 28.9 Å². The third-order valence-corrected chi connectivity index (χ3v) is 3.40. The van der Waals surface area contributed by atoms with E-state index in [-0.39, 0.29) is 23.2 Å². The number of carbonyl (C=O) groups is 1. The van der Waals surface area contributed by atoms with Crippen molar-refractivity contribution in [1.29, 1.82) is 0 Å². The number of benzene rings is 2. The van der Waals surface area contributed by atoms with Gasteiger partial charge in [-0.15, -0.1) is 5.10 Å². The maximum absolute atomic E-state index is 13.7. The number of aromatic nitrogens is 3. The molecule has 3 aromatic rings. The Morgan fingerprint density at radius 2 is 1.69 bits per heavy atom. The molecule has 26 heavy (non-hydrogen) atoms. The summed E-state index contributed by atoms with van der Waals surface area (Å²) in [4.78, 5) is 15.3. The second kappa shape index (κ2) is 7.18. The molecule has 6 nitrogen and oxygen atoms in total. The molecule has 0 radical (unpaired) electrons. The van der Waals surface area contributed by atoms with Crippen LogP contribution in [-0.2, 0) is 0 Å². The highest BCUT2D eigenvalue weighted by atomic mass is 19.2. The number of ketones is 1. The third kappa shape index (κ3) is 3.77. The summed E-state index contributed by atoms with van der Waals surface area (Å²) in [5.74, 6) is -4.16. The molecular weight excluding hydrogens is 347 g/mol. The van der Waals surface area contributed by atoms with Crippen LogP contribution in [0.25, 0.3) is 0 Å². The van der Waals surface area contributed by atoms with E-state index < -0.39 is 17.5 Å². The number of halogens is 3. The molecule has 0 saturated heterocycles. The minimum absolute atomic E-state index is 0.0553. The molecule has 0 aliphatic rings. The molecule has 0 aliphatic carbocycles. The van der Waals surface area contributed by atoms with Crippen LogP contribution in [0.1, 0.15) is 17.3 Å². The molecule has 0 unspecified atom stereocenters. The lowest BCUT2D eigenvalue weighted by Gasteiger charge is -2.09. The summed E-state index contributed by atoms with van der Waals surface area (Å²) in [6, 6.07) is 8.47. The van der Waals surface area contributed by atoms with E-state index in [1.807, 2.05) is 0 Å². The van der Waals surface area contributed by atoms with E-state index >= 15 is 0 Å². The molecule has 0 saturated carbocycles. The van der Waals surface area contributed by atoms with Gasteiger partial charge in [0, 0.05) is 11.3 Å². The van der Waals surface area contributed by atoms with Gasteiger partial charge < -0.3 is 10.6 Å². The van der Waals surface area contributed by atoms with Gasteiger partial charge in [0.25, 0.3) is 0 Å². The van der Waals surface area contributed by atoms with Gasteiger partial charge >= 0.3 is 0 Å². The fraction of sp³-hybridized carbons (Fsp3) is 0.0588. The molecule has 0 fully saturated rings. The van der Waals surface area contributed by atoms with Crippen molar-refractivity contribution in [3.8, 4) is 0 Å². The number of hydrogen-bond donors (Lipinski definition) is 2. The van der Waals surface area contributed by atoms with Gasteiger partial charge in [-0.25, -0.2) is 13.2 Å². The van der Waals surface area contributed by atoms with Gasteiger partial charge in [0.2, 0.25) is 5.95 Å². The first-order chi connectivity index (χ1) is 12.4. The monoisotopic (exact) mass is 359 g/mol. The summed E-state index contributed by atoms with van der Waals surface area (Å²) >= 11 is 0. The van der Waals surface area contributed by atoms with Crippen molar-refractivity contribution in [2.45, 2.75) is 6.92 Å². The highest BCUT2D eigenvalue weighted by Crippen LogP contribution is 2.22. The Morgan fingerprint density at radius 3 is 2.38 bits per heavy atom. The van der Waals surface area contributed by atoms with Crippen molar-refractivity contribution < 1.29 is 18.0 Å². The molecule has 3 rings (SSSR count). The zero-order valence-electron chi connectivity index (χ0n) is 13.4. The first-order valence-electron chi connectivity index (χ1n) is 7.42. The predicted octanol–water partition coefficient (Wildman–Crippen LogP) is 3.98. The van der Waals surface area contributed by atoms with Gasteiger partial charge in [-0.05, 0) is 43.3 Å². The molecule has 2 N–H and O–H groups in total. The van der Waals surface area contributed by atoms with Crippen LogP contribution in [0.4, 0.5) is 36.3 Å². The van der Waals surface area contributed by atoms with E-state index in [1.54, 1.807) is 24.3 Å². The lowest BCUT2D eigenvalue weighted by Crippen LogP contribution is -2.05. The minimum Gasteiger partial charge on any atom is -0.339 e. The van der Waals surface area contributed by atoms with E-state index in [4.69, 9.17) is 0 Å². The van der Waals surface area contributed by atoms with Gasteiger partial charge in [-0.2, -0.15) is 10.1 Å². The van der Waals surface area contributed by atoms with Crippen molar-refractivity contribution in [3.05, 3.63) is 65.6 Å². The minimum atomic E-state index is -1.59. The number of rotatable bonds is 5. The number of Topliss-reactive ketones (excluding diaryl/α,β-unsaturated/α-hetero) is 1. The Labute approximate surface area is 146 Å². The number of hydrogen-bond acceptors (Lipinski definition) is 6. The fourth-order valence-electron chi connectivity index (χ4n) is 2.10. The van der Waals surface area contributed by atoms with Crippen LogP contribution in [0.15, 0.2) is 42.6 Å². The summed E-state index contributed by atoms with van der Waals surface area (Å²) in [5, 5.41) is 12.8. The van der Waals surface area contributed by atoms with E-state index in [0.717, 1.165) is 12.1 Å². The number of anilines is 4. The van der Waals surface area contributed by atoms with E-state index in [1.165, 1.54) is 13.1 Å². The van der Waals surface area contributed by atoms with Gasteiger partial charge in [-0.1, -0.05) is 0 Å². The molecule has 132 valence electrons. The molecule has 0 amide bonds. The van der Waals surface area contributed by atoms with Crippen molar-refractivity contribution in [2.24, 2.45) is 0 Å². The molecular formula is C17H12F3N5O. The van der Waals surface area contributed by atoms with Gasteiger partial charge in [-0.3, -0.25) is 4.79 Å². The smallest absolute Gasteiger partial charge is 0.249 e. The topological polar surface area (TPSA) is 79.8 Å². The van der Waals surface area contributed by atoms with Gasteiger partial charge in [0.15, 0.2) is 29.1 Å². The summed E-state index contributed by atoms with van der Waals surface area (Å²) < 4.78 is 39.9. The van der Waals surface area contributed by atoms with Crippen LogP contribution >= 0.6 is 0 Å². The van der Waals surface area contributed by atoms with Crippen LogP contribution < -0.4 is 10.6 Å². The number of nitrogens with one attached hydrogen (secondary N) is 2. The van der Waals surface area contributed by atoms with Crippen LogP contribution in [0.3, 0.4) is 0 Å². The zero-order chi connectivity index (χ0) is 18.7. The lowest BCUT2D eigenvalue weighted by molar-refractivity contribution is 0.101. The second-order valence-electron chi connectivity index (χ2n) is 5.27. The third-order valence-electron chi connectivity index (χ3n) is 3.40. The summed E-state index contributed by atoms with van der Waals surface area (Å²) in [6.07, 6.45) is 1.33. The molecule has 9 heteroatoms. The maximum Gasteiger partial charge on any atom is 0.249 e. The average molecular weight is 359 g/mol. The summed E-state index contributed by atoms with van der Waals surface area (Å²) in [5.41, 5.74) is 0.877. The quantitative estimate of drug-likeness (QED) is 0.530. The average Bonchev–Trinajstić information content (AvgIpc) is 2.63. The molecule has 1 heterocycles. The van der Waals surface area contributed by atoms with E-state index in [0.29, 0.717) is 11.3 Å². The normalized spacial score (nSPS) is 10.5. The van der Waals surface area contributed by atoms with Crippen LogP contribution in [0.2, 0.25) is 0 Å². The predicted molar refractivity (Wildman–Crippen MR) is 89.2 cm³/mol. The Hall–Kier alpha value is -3.49. The SMILES string of the molecule is CC(=O)c1ccc(Nc2cnnc(Nc3ccc(F)c(F)c3F)n2)cc1. The summed E-state index contributed by atoms with van der Waals surface area (Å²) in [6.45, 7) is 1.46. The van der Waals surface area contributed by atoms with Gasteiger partial charge in [0.05, 0.1) is 11.9 Å². The number of carbonyl (C=O) groups excluding carboxylic acids is 1. The van der Waals surface area contributed by atoms with Crippen molar-refractivity contribution in [3.63, 3.8) is 0 Å². The van der Waals surface area contributed by atoms with Crippen molar-refractivity contribution in [2.75, 3.05) is 10.6 Å². The standard InChI is InChI=1S/C17H12F3N5O/c1-9(26)10-2-4-11(5-3-10)22-14-8-21-25-17(24-14)23-13-7-6-12(18)15(19)16(13)20/h2-8H,1H3,(H2,22,23,24,25). The van der Waals surface area contributed by atoms with E-state index in [9.17, 15) is 18.0 Å². The molecule has 2 aromatic carbocycles. The highest BCUT2D eigenvalue weighted by Gasteiger charge is 2.14. The van der Waals surface area contributed by atoms with Crippen LogP contribution in [0.5, 0.6) is 0 Å². The largest absolute Gasteiger partial charge is 0.339 e. The molecule has 0 spiro atoms. The van der Waals surface area contributed by atoms with E-state index in [2.05, 4.69) is 25.8 Å². The Kier molecular flexibility index (Phi) is 4.78. The molecule has 1 aromatic heterocycles. The Balaban J connectivity index is 1.78. The Bertz CT molecular complexity index is 963. The van der Waals surface area contributed by atoms with Crippen LogP contribution in [-0.4, -0.2) is 21.0 Å². The van der Waals surface area contributed by atoms with Crippen LogP contribution in [0, 0.1) is 17.5 Å². The van der Waals surface area contributed by atoms with Gasteiger partial charge in [0.1, 0.15) is 0 Å². The zero-order valence-corrected chi connectivity index (χ0v) is 13.4. The first-order valence-corrected chi connectivity index (χ1v) is 7.42. The first kappa shape index (κ1) is 17.3. The fourth-order valence-corrected chi connectivity index (χ4v) is 2.10. The summed E-state index contributed by atoms with van der Waals surface area (Å²) in [7, 11) is 0. The lowest BCUT2D eigenvalue weighted by atomic mass is 10.1.